The van der Waals surface area contributed by atoms with Crippen molar-refractivity contribution >= 4 is 23.3 Å². The highest BCUT2D eigenvalue weighted by Crippen LogP contribution is 2.19. The van der Waals surface area contributed by atoms with Gasteiger partial charge in [-0.3, -0.25) is 4.79 Å². The molecule has 1 aromatic heterocycles. The Bertz CT molecular complexity index is 396. The van der Waals surface area contributed by atoms with Crippen LogP contribution in [0.15, 0.2) is 18.3 Å². The molecule has 1 heterocycles. The standard InChI is InChI=1S/C13H20ClN3O/c1-9(5-3-6-10(2)15)13(18)17-12-11(14)7-4-8-16-12/h4,7-10H,3,5-6,15H2,1-2H3,(H,16,17,18). The molecule has 0 saturated heterocycles. The summed E-state index contributed by atoms with van der Waals surface area (Å²) >= 11 is 5.93. The SMILES string of the molecule is CC(N)CCCC(C)C(=O)Nc1ncccc1Cl. The number of rotatable bonds is 6. The monoisotopic (exact) mass is 269 g/mol. The first-order valence-electron chi connectivity index (χ1n) is 6.17. The van der Waals surface area contributed by atoms with E-state index in [1.807, 2.05) is 13.8 Å². The molecule has 0 fully saturated rings. The Morgan fingerprint density at radius 3 is 2.83 bits per heavy atom. The van der Waals surface area contributed by atoms with Gasteiger partial charge in [0.15, 0.2) is 5.82 Å². The number of hydrogen-bond donors (Lipinski definition) is 2. The van der Waals surface area contributed by atoms with Crippen molar-refractivity contribution in [3.8, 4) is 0 Å². The van der Waals surface area contributed by atoms with Gasteiger partial charge in [0, 0.05) is 18.2 Å². The second kappa shape index (κ2) is 7.34. The fourth-order valence-electron chi connectivity index (χ4n) is 1.59. The minimum atomic E-state index is -0.0678. The highest BCUT2D eigenvalue weighted by atomic mass is 35.5. The summed E-state index contributed by atoms with van der Waals surface area (Å²) in [5.41, 5.74) is 5.67. The van der Waals surface area contributed by atoms with Crippen LogP contribution in [0.2, 0.25) is 5.02 Å². The summed E-state index contributed by atoms with van der Waals surface area (Å²) in [5, 5.41) is 3.19. The molecule has 5 heteroatoms. The molecule has 0 aliphatic carbocycles. The second-order valence-electron chi connectivity index (χ2n) is 4.63. The highest BCUT2D eigenvalue weighted by Gasteiger charge is 2.14. The first kappa shape index (κ1) is 14.9. The number of nitrogens with one attached hydrogen (secondary N) is 1. The maximum Gasteiger partial charge on any atom is 0.228 e. The van der Waals surface area contributed by atoms with Crippen LogP contribution in [-0.2, 0) is 4.79 Å². The molecule has 0 bridgehead atoms. The lowest BCUT2D eigenvalue weighted by molar-refractivity contribution is -0.119. The molecule has 4 nitrogen and oxygen atoms in total. The molecule has 0 radical (unpaired) electrons. The van der Waals surface area contributed by atoms with Gasteiger partial charge < -0.3 is 11.1 Å². The number of pyridine rings is 1. The molecule has 0 aliphatic heterocycles. The van der Waals surface area contributed by atoms with Gasteiger partial charge in [-0.15, -0.1) is 0 Å². The number of carbonyl (C=O) groups excluding carboxylic acids is 1. The Hall–Kier alpha value is -1.13. The number of hydrogen-bond acceptors (Lipinski definition) is 3. The highest BCUT2D eigenvalue weighted by molar-refractivity contribution is 6.33. The molecule has 0 saturated carbocycles. The molecular formula is C13H20ClN3O. The van der Waals surface area contributed by atoms with Crippen LogP contribution in [0.3, 0.4) is 0 Å². The van der Waals surface area contributed by atoms with Gasteiger partial charge in [0.2, 0.25) is 5.91 Å². The van der Waals surface area contributed by atoms with E-state index < -0.39 is 0 Å². The molecule has 100 valence electrons. The normalized spacial score (nSPS) is 14.0. The van der Waals surface area contributed by atoms with Crippen LogP contribution >= 0.6 is 11.6 Å². The van der Waals surface area contributed by atoms with Crippen molar-refractivity contribution in [2.75, 3.05) is 5.32 Å². The third-order valence-electron chi connectivity index (χ3n) is 2.74. The average molecular weight is 270 g/mol. The average Bonchev–Trinajstić information content (AvgIpc) is 2.31. The molecule has 2 unspecified atom stereocenters. The van der Waals surface area contributed by atoms with Gasteiger partial charge in [0.05, 0.1) is 5.02 Å². The zero-order valence-electron chi connectivity index (χ0n) is 10.8. The summed E-state index contributed by atoms with van der Waals surface area (Å²) in [6, 6.07) is 3.61. The zero-order chi connectivity index (χ0) is 13.5. The van der Waals surface area contributed by atoms with Crippen LogP contribution in [0, 0.1) is 5.92 Å². The molecule has 2 atom stereocenters. The van der Waals surface area contributed by atoms with Crippen LogP contribution in [0.4, 0.5) is 5.82 Å². The summed E-state index contributed by atoms with van der Waals surface area (Å²) in [5.74, 6) is 0.297. The van der Waals surface area contributed by atoms with E-state index in [9.17, 15) is 4.79 Å². The molecule has 0 spiro atoms. The molecule has 1 aromatic rings. The molecular weight excluding hydrogens is 250 g/mol. The number of anilines is 1. The topological polar surface area (TPSA) is 68.0 Å². The van der Waals surface area contributed by atoms with Crippen molar-refractivity contribution in [1.29, 1.82) is 0 Å². The predicted molar refractivity (Wildman–Crippen MR) is 74.5 cm³/mol. The fourth-order valence-corrected chi connectivity index (χ4v) is 1.76. The summed E-state index contributed by atoms with van der Waals surface area (Å²) in [7, 11) is 0. The summed E-state index contributed by atoms with van der Waals surface area (Å²) in [6.45, 7) is 3.87. The second-order valence-corrected chi connectivity index (χ2v) is 5.04. The van der Waals surface area contributed by atoms with Crippen molar-refractivity contribution in [3.05, 3.63) is 23.4 Å². The minimum absolute atomic E-state index is 0.0553. The van der Waals surface area contributed by atoms with Crippen molar-refractivity contribution in [3.63, 3.8) is 0 Å². The lowest BCUT2D eigenvalue weighted by atomic mass is 10.0. The van der Waals surface area contributed by atoms with Gasteiger partial charge in [-0.05, 0) is 31.9 Å². The van der Waals surface area contributed by atoms with Gasteiger partial charge in [0.1, 0.15) is 0 Å². The third-order valence-corrected chi connectivity index (χ3v) is 3.05. The Balaban J connectivity index is 2.43. The maximum absolute atomic E-state index is 11.9. The molecule has 18 heavy (non-hydrogen) atoms. The number of halogens is 1. The van der Waals surface area contributed by atoms with Crippen molar-refractivity contribution in [2.45, 2.75) is 39.2 Å². The molecule has 0 aliphatic rings. The van der Waals surface area contributed by atoms with Crippen molar-refractivity contribution in [1.82, 2.24) is 4.98 Å². The van der Waals surface area contributed by atoms with E-state index in [-0.39, 0.29) is 17.9 Å². The maximum atomic E-state index is 11.9. The zero-order valence-corrected chi connectivity index (χ0v) is 11.6. The van der Waals surface area contributed by atoms with Crippen molar-refractivity contribution in [2.24, 2.45) is 11.7 Å². The van der Waals surface area contributed by atoms with E-state index in [0.29, 0.717) is 10.8 Å². The molecule has 1 rings (SSSR count). The summed E-state index contributed by atoms with van der Waals surface area (Å²) in [4.78, 5) is 15.9. The van der Waals surface area contributed by atoms with Crippen LogP contribution in [0.5, 0.6) is 0 Å². The number of nitrogens with two attached hydrogens (primary N) is 1. The van der Waals surface area contributed by atoms with Gasteiger partial charge in [-0.2, -0.15) is 0 Å². The lowest BCUT2D eigenvalue weighted by Crippen LogP contribution is -2.22. The van der Waals surface area contributed by atoms with Gasteiger partial charge in [-0.25, -0.2) is 4.98 Å². The largest absolute Gasteiger partial charge is 0.328 e. The number of carbonyl (C=O) groups is 1. The predicted octanol–water partition coefficient (Wildman–Crippen LogP) is 2.83. The molecule has 1 amide bonds. The van der Waals surface area contributed by atoms with E-state index in [2.05, 4.69) is 10.3 Å². The smallest absolute Gasteiger partial charge is 0.228 e. The Labute approximate surface area is 113 Å². The minimum Gasteiger partial charge on any atom is -0.328 e. The van der Waals surface area contributed by atoms with E-state index >= 15 is 0 Å². The molecule has 3 N–H and O–H groups in total. The van der Waals surface area contributed by atoms with Crippen LogP contribution in [0.25, 0.3) is 0 Å². The van der Waals surface area contributed by atoms with Gasteiger partial charge in [0.25, 0.3) is 0 Å². The Morgan fingerprint density at radius 2 is 2.22 bits per heavy atom. The van der Waals surface area contributed by atoms with E-state index in [4.69, 9.17) is 17.3 Å². The number of amides is 1. The summed E-state index contributed by atoms with van der Waals surface area (Å²) < 4.78 is 0. The quantitative estimate of drug-likeness (QED) is 0.834. The first-order chi connectivity index (χ1) is 8.50. The van der Waals surface area contributed by atoms with E-state index in [1.165, 1.54) is 0 Å². The van der Waals surface area contributed by atoms with Crippen LogP contribution in [0.1, 0.15) is 33.1 Å². The summed E-state index contributed by atoms with van der Waals surface area (Å²) in [6.07, 6.45) is 4.30. The van der Waals surface area contributed by atoms with Crippen LogP contribution < -0.4 is 11.1 Å². The van der Waals surface area contributed by atoms with E-state index in [1.54, 1.807) is 18.3 Å². The third kappa shape index (κ3) is 5.02. The molecule has 0 aromatic carbocycles. The van der Waals surface area contributed by atoms with Crippen molar-refractivity contribution < 1.29 is 4.79 Å². The lowest BCUT2D eigenvalue weighted by Gasteiger charge is -2.13. The fraction of sp³-hybridized carbons (Fsp3) is 0.538. The number of nitrogens with zero attached hydrogens (tertiary/aromatic N) is 1. The number of aromatic nitrogens is 1. The van der Waals surface area contributed by atoms with Gasteiger partial charge >= 0.3 is 0 Å². The van der Waals surface area contributed by atoms with Crippen LogP contribution in [-0.4, -0.2) is 16.9 Å². The Kier molecular flexibility index (Phi) is 6.09. The van der Waals surface area contributed by atoms with Gasteiger partial charge in [-0.1, -0.05) is 24.9 Å². The Morgan fingerprint density at radius 1 is 1.50 bits per heavy atom. The first-order valence-corrected chi connectivity index (χ1v) is 6.55. The van der Waals surface area contributed by atoms with E-state index in [0.717, 1.165) is 19.3 Å².